The number of likely N-dealkylation sites (tertiary alicyclic amines) is 1. The topological polar surface area (TPSA) is 87.5 Å². The maximum atomic E-state index is 12.5. The first-order chi connectivity index (χ1) is 13.2. The first kappa shape index (κ1) is 17.7. The maximum absolute atomic E-state index is 12.5. The molecule has 0 atom stereocenters. The van der Waals surface area contributed by atoms with Crippen molar-refractivity contribution in [1.82, 2.24) is 9.88 Å². The van der Waals surface area contributed by atoms with E-state index in [0.29, 0.717) is 42.5 Å². The third-order valence-electron chi connectivity index (χ3n) is 4.41. The van der Waals surface area contributed by atoms with Crippen molar-refractivity contribution in [3.05, 3.63) is 41.3 Å². The molecule has 140 valence electrons. The minimum atomic E-state index is -0.119. The Labute approximate surface area is 164 Å². The van der Waals surface area contributed by atoms with Crippen LogP contribution in [0.3, 0.4) is 0 Å². The molecule has 1 aliphatic rings. The van der Waals surface area contributed by atoms with E-state index in [2.05, 4.69) is 15.6 Å². The van der Waals surface area contributed by atoms with Crippen molar-refractivity contribution in [3.63, 3.8) is 0 Å². The Bertz CT molecular complexity index is 897. The van der Waals surface area contributed by atoms with Gasteiger partial charge in [0.1, 0.15) is 5.69 Å². The molecule has 3 amide bonds. The lowest BCUT2D eigenvalue weighted by atomic mass is 9.96. The second-order valence-electron chi connectivity index (χ2n) is 6.17. The van der Waals surface area contributed by atoms with Gasteiger partial charge in [0, 0.05) is 24.4 Å². The fourth-order valence-electron chi connectivity index (χ4n) is 2.95. The molecule has 4 heterocycles. The highest BCUT2D eigenvalue weighted by Crippen LogP contribution is 2.27. The largest absolute Gasteiger partial charge is 0.463 e. The zero-order valence-electron chi connectivity index (χ0n) is 14.4. The van der Waals surface area contributed by atoms with Crippen LogP contribution in [0.1, 0.15) is 12.8 Å². The lowest BCUT2D eigenvalue weighted by Gasteiger charge is -2.31. The molecule has 3 aromatic heterocycles. The Balaban J connectivity index is 1.28. The molecule has 0 saturated carbocycles. The molecule has 0 radical (unpaired) electrons. The van der Waals surface area contributed by atoms with Gasteiger partial charge in [0.15, 0.2) is 10.9 Å². The average molecular weight is 403 g/mol. The Morgan fingerprint density at radius 1 is 1.15 bits per heavy atom. The number of piperidine rings is 1. The normalized spacial score (nSPS) is 14.9. The molecule has 1 fully saturated rings. The van der Waals surface area contributed by atoms with Gasteiger partial charge >= 0.3 is 6.03 Å². The smallest absolute Gasteiger partial charge is 0.322 e. The monoisotopic (exact) mass is 402 g/mol. The van der Waals surface area contributed by atoms with Gasteiger partial charge in [-0.1, -0.05) is 0 Å². The van der Waals surface area contributed by atoms with Crippen molar-refractivity contribution in [2.24, 2.45) is 5.92 Å². The fourth-order valence-corrected chi connectivity index (χ4v) is 4.26. The van der Waals surface area contributed by atoms with Gasteiger partial charge in [0.25, 0.3) is 0 Å². The van der Waals surface area contributed by atoms with Gasteiger partial charge in [-0.2, -0.15) is 0 Å². The predicted molar refractivity (Wildman–Crippen MR) is 106 cm³/mol. The summed E-state index contributed by atoms with van der Waals surface area (Å²) in [6, 6.07) is 7.28. The summed E-state index contributed by atoms with van der Waals surface area (Å²) in [4.78, 5) is 30.9. The number of aromatic nitrogens is 1. The Hall–Kier alpha value is -2.65. The number of carbonyl (C=O) groups excluding carboxylic acids is 2. The van der Waals surface area contributed by atoms with Crippen LogP contribution in [-0.2, 0) is 4.79 Å². The summed E-state index contributed by atoms with van der Waals surface area (Å²) in [6.45, 7) is 1.12. The number of nitrogens with one attached hydrogen (secondary N) is 2. The molecule has 0 aliphatic carbocycles. The van der Waals surface area contributed by atoms with E-state index in [0.717, 1.165) is 5.00 Å². The van der Waals surface area contributed by atoms with Crippen molar-refractivity contribution in [1.29, 1.82) is 0 Å². The molecule has 0 bridgehead atoms. The van der Waals surface area contributed by atoms with Crippen molar-refractivity contribution in [2.75, 3.05) is 23.7 Å². The van der Waals surface area contributed by atoms with Crippen LogP contribution in [0, 0.1) is 5.92 Å². The van der Waals surface area contributed by atoms with Crippen LogP contribution in [0.4, 0.5) is 14.9 Å². The molecular weight excluding hydrogens is 384 g/mol. The minimum absolute atomic E-state index is 0.0475. The first-order valence-corrected chi connectivity index (χ1v) is 10.3. The van der Waals surface area contributed by atoms with Crippen molar-refractivity contribution >= 4 is 44.7 Å². The second-order valence-corrected chi connectivity index (χ2v) is 7.98. The molecule has 3 aromatic rings. The molecule has 1 saturated heterocycles. The van der Waals surface area contributed by atoms with Gasteiger partial charge in [-0.3, -0.25) is 10.1 Å². The number of carbonyl (C=O) groups is 2. The quantitative estimate of drug-likeness (QED) is 0.679. The number of amides is 3. The number of thiophene rings is 1. The zero-order valence-corrected chi connectivity index (χ0v) is 16.0. The number of anilines is 2. The highest BCUT2D eigenvalue weighted by molar-refractivity contribution is 7.14. The summed E-state index contributed by atoms with van der Waals surface area (Å²) in [5.74, 6) is 0.511. The van der Waals surface area contributed by atoms with Gasteiger partial charge in [-0.15, -0.1) is 22.7 Å². The van der Waals surface area contributed by atoms with Crippen LogP contribution in [0.5, 0.6) is 0 Å². The Morgan fingerprint density at radius 2 is 2.00 bits per heavy atom. The average Bonchev–Trinajstić information content (AvgIpc) is 3.44. The van der Waals surface area contributed by atoms with Crippen LogP contribution >= 0.6 is 22.7 Å². The predicted octanol–water partition coefficient (Wildman–Crippen LogP) is 4.35. The molecule has 4 rings (SSSR count). The van der Waals surface area contributed by atoms with E-state index >= 15 is 0 Å². The van der Waals surface area contributed by atoms with E-state index in [1.165, 1.54) is 22.7 Å². The first-order valence-electron chi connectivity index (χ1n) is 8.59. The number of urea groups is 1. The number of thiazole rings is 1. The summed E-state index contributed by atoms with van der Waals surface area (Å²) in [5, 5.41) is 10.9. The molecule has 0 spiro atoms. The molecule has 1 aliphatic heterocycles. The van der Waals surface area contributed by atoms with Crippen LogP contribution in [0.25, 0.3) is 11.5 Å². The summed E-state index contributed by atoms with van der Waals surface area (Å²) in [5.41, 5.74) is 0.709. The molecule has 27 heavy (non-hydrogen) atoms. The van der Waals surface area contributed by atoms with Crippen molar-refractivity contribution in [3.8, 4) is 11.5 Å². The Morgan fingerprint density at radius 3 is 2.70 bits per heavy atom. The van der Waals surface area contributed by atoms with Gasteiger partial charge in [-0.05, 0) is 42.5 Å². The minimum Gasteiger partial charge on any atom is -0.463 e. The number of hydrogen-bond acceptors (Lipinski definition) is 6. The highest BCUT2D eigenvalue weighted by atomic mass is 32.1. The van der Waals surface area contributed by atoms with E-state index in [-0.39, 0.29) is 17.9 Å². The lowest BCUT2D eigenvalue weighted by Crippen LogP contribution is -2.43. The van der Waals surface area contributed by atoms with E-state index in [9.17, 15) is 9.59 Å². The van der Waals surface area contributed by atoms with Gasteiger partial charge in [-0.25, -0.2) is 9.78 Å². The van der Waals surface area contributed by atoms with E-state index in [1.54, 1.807) is 17.2 Å². The number of hydrogen-bond donors (Lipinski definition) is 2. The fraction of sp³-hybridized carbons (Fsp3) is 0.278. The molecular formula is C18H18N4O3S2. The highest BCUT2D eigenvalue weighted by Gasteiger charge is 2.28. The number of nitrogens with zero attached hydrogens (tertiary/aromatic N) is 2. The standard InChI is InChI=1S/C18H18N4O3S2/c23-16(21-17-19-13(11-27-17)14-3-1-9-25-14)12-5-7-22(8-6-12)18(24)20-15-4-2-10-26-15/h1-4,9-12H,5-8H2,(H,20,24)(H,19,21,23). The molecule has 9 heteroatoms. The van der Waals surface area contributed by atoms with Gasteiger partial charge in [0.05, 0.1) is 11.3 Å². The second kappa shape index (κ2) is 7.93. The third-order valence-corrected chi connectivity index (χ3v) is 5.96. The zero-order chi connectivity index (χ0) is 18.6. The van der Waals surface area contributed by atoms with Crippen LogP contribution in [0.15, 0.2) is 45.7 Å². The Kier molecular flexibility index (Phi) is 5.21. The van der Waals surface area contributed by atoms with Crippen LogP contribution in [-0.4, -0.2) is 34.9 Å². The van der Waals surface area contributed by atoms with Crippen LogP contribution in [0.2, 0.25) is 0 Å². The number of furan rings is 1. The van der Waals surface area contributed by atoms with Gasteiger partial charge < -0.3 is 14.6 Å². The van der Waals surface area contributed by atoms with E-state index in [4.69, 9.17) is 4.42 Å². The summed E-state index contributed by atoms with van der Waals surface area (Å²) < 4.78 is 5.31. The SMILES string of the molecule is O=C(Nc1nc(-c2ccco2)cs1)C1CCN(C(=O)Nc2cccs2)CC1. The third kappa shape index (κ3) is 4.20. The molecule has 2 N–H and O–H groups in total. The number of rotatable bonds is 4. The van der Waals surface area contributed by atoms with Crippen molar-refractivity contribution < 1.29 is 14.0 Å². The molecule has 7 nitrogen and oxygen atoms in total. The molecule has 0 unspecified atom stereocenters. The van der Waals surface area contributed by atoms with E-state index < -0.39 is 0 Å². The summed E-state index contributed by atoms with van der Waals surface area (Å²) in [6.07, 6.45) is 2.87. The summed E-state index contributed by atoms with van der Waals surface area (Å²) >= 11 is 2.86. The van der Waals surface area contributed by atoms with Crippen LogP contribution < -0.4 is 10.6 Å². The lowest BCUT2D eigenvalue weighted by molar-refractivity contribution is -0.121. The van der Waals surface area contributed by atoms with Gasteiger partial charge in [0.2, 0.25) is 5.91 Å². The van der Waals surface area contributed by atoms with E-state index in [1.807, 2.05) is 29.0 Å². The molecule has 0 aromatic carbocycles. The van der Waals surface area contributed by atoms with Crippen molar-refractivity contribution in [2.45, 2.75) is 12.8 Å². The summed E-state index contributed by atoms with van der Waals surface area (Å²) in [7, 11) is 0. The maximum Gasteiger partial charge on any atom is 0.322 e.